The van der Waals surface area contributed by atoms with Gasteiger partial charge in [0.05, 0.1) is 0 Å². The zero-order chi connectivity index (χ0) is 11.5. The molecule has 0 spiro atoms. The first kappa shape index (κ1) is 11.5. The van der Waals surface area contributed by atoms with Crippen molar-refractivity contribution in [2.24, 2.45) is 0 Å². The SMILES string of the molecule is C1=C(Sc2nccs2)C=C(Sc2nccs2)C1. The van der Waals surface area contributed by atoms with Crippen molar-refractivity contribution in [3.8, 4) is 0 Å². The maximum absolute atomic E-state index is 4.28. The number of hydrogen-bond donors (Lipinski definition) is 0. The van der Waals surface area contributed by atoms with Gasteiger partial charge in [0.1, 0.15) is 0 Å². The van der Waals surface area contributed by atoms with Crippen LogP contribution in [-0.2, 0) is 0 Å². The van der Waals surface area contributed by atoms with Crippen LogP contribution in [0.4, 0.5) is 0 Å². The molecule has 0 N–H and O–H groups in total. The van der Waals surface area contributed by atoms with Crippen LogP contribution < -0.4 is 0 Å². The van der Waals surface area contributed by atoms with Crippen molar-refractivity contribution in [3.63, 3.8) is 0 Å². The van der Waals surface area contributed by atoms with Crippen LogP contribution in [0.25, 0.3) is 0 Å². The van der Waals surface area contributed by atoms with E-state index in [1.807, 2.05) is 23.2 Å². The van der Waals surface area contributed by atoms with Crippen molar-refractivity contribution in [1.29, 1.82) is 0 Å². The molecule has 0 saturated heterocycles. The van der Waals surface area contributed by atoms with E-state index in [9.17, 15) is 0 Å². The lowest BCUT2D eigenvalue weighted by Gasteiger charge is -1.95. The van der Waals surface area contributed by atoms with Crippen molar-refractivity contribution in [1.82, 2.24) is 9.97 Å². The van der Waals surface area contributed by atoms with E-state index < -0.39 is 0 Å². The van der Waals surface area contributed by atoms with Gasteiger partial charge in [0.15, 0.2) is 8.68 Å². The van der Waals surface area contributed by atoms with Gasteiger partial charge in [0.2, 0.25) is 0 Å². The second kappa shape index (κ2) is 5.39. The molecule has 86 valence electrons. The summed E-state index contributed by atoms with van der Waals surface area (Å²) < 4.78 is 2.22. The van der Waals surface area contributed by atoms with Gasteiger partial charge < -0.3 is 0 Å². The predicted octanol–water partition coefficient (Wildman–Crippen LogP) is 4.66. The van der Waals surface area contributed by atoms with E-state index in [1.165, 1.54) is 9.81 Å². The van der Waals surface area contributed by atoms with Crippen LogP contribution in [0.15, 0.2) is 53.8 Å². The first-order valence-corrected chi connectivity index (χ1v) is 8.35. The quantitative estimate of drug-likeness (QED) is 0.820. The third-order valence-corrected chi connectivity index (χ3v) is 5.88. The Balaban J connectivity index is 1.64. The first-order chi connectivity index (χ1) is 8.40. The normalized spacial score (nSPS) is 14.8. The average Bonchev–Trinajstić information content (AvgIpc) is 3.02. The second-order valence-corrected chi connectivity index (χ2v) is 7.70. The summed E-state index contributed by atoms with van der Waals surface area (Å²) in [5, 5.41) is 4.02. The molecule has 17 heavy (non-hydrogen) atoms. The Kier molecular flexibility index (Phi) is 3.65. The van der Waals surface area contributed by atoms with E-state index in [-0.39, 0.29) is 0 Å². The highest BCUT2D eigenvalue weighted by atomic mass is 32.2. The molecule has 0 unspecified atom stereocenters. The maximum Gasteiger partial charge on any atom is 0.154 e. The fraction of sp³-hybridized carbons (Fsp3) is 0.0909. The van der Waals surface area contributed by atoms with Crippen molar-refractivity contribution in [2.75, 3.05) is 0 Å². The van der Waals surface area contributed by atoms with Gasteiger partial charge in [0.25, 0.3) is 0 Å². The standard InChI is InChI=1S/C11H8N2S4/c1-2-9(17-11-13-4-6-15-11)7-8(1)16-10-12-3-5-14-10/h1,3-7H,2H2. The summed E-state index contributed by atoms with van der Waals surface area (Å²) in [5.74, 6) is 0. The Morgan fingerprint density at radius 1 is 1.00 bits per heavy atom. The summed E-state index contributed by atoms with van der Waals surface area (Å²) in [6.07, 6.45) is 9.19. The van der Waals surface area contributed by atoms with Crippen LogP contribution in [-0.4, -0.2) is 9.97 Å². The monoisotopic (exact) mass is 296 g/mol. The number of allylic oxidation sites excluding steroid dienone is 3. The van der Waals surface area contributed by atoms with Crippen molar-refractivity contribution < 1.29 is 0 Å². The highest BCUT2D eigenvalue weighted by molar-refractivity contribution is 8.05. The topological polar surface area (TPSA) is 25.8 Å². The molecule has 0 radical (unpaired) electrons. The molecule has 2 heterocycles. The van der Waals surface area contributed by atoms with Gasteiger partial charge in [-0.2, -0.15) is 0 Å². The number of nitrogens with zero attached hydrogens (tertiary/aromatic N) is 2. The summed E-state index contributed by atoms with van der Waals surface area (Å²) in [6, 6.07) is 0. The summed E-state index contributed by atoms with van der Waals surface area (Å²) in [7, 11) is 0. The minimum absolute atomic E-state index is 1.01. The van der Waals surface area contributed by atoms with Crippen LogP contribution in [0, 0.1) is 0 Å². The molecule has 2 nitrogen and oxygen atoms in total. The number of rotatable bonds is 4. The van der Waals surface area contributed by atoms with Gasteiger partial charge in [-0.25, -0.2) is 9.97 Å². The van der Waals surface area contributed by atoms with Gasteiger partial charge in [-0.1, -0.05) is 29.6 Å². The molecule has 0 aromatic carbocycles. The van der Waals surface area contributed by atoms with Crippen molar-refractivity contribution >= 4 is 46.2 Å². The molecule has 1 aliphatic rings. The number of hydrogen-bond acceptors (Lipinski definition) is 6. The molecule has 3 rings (SSSR count). The maximum atomic E-state index is 4.28. The third kappa shape index (κ3) is 3.01. The van der Waals surface area contributed by atoms with Gasteiger partial charge in [-0.15, -0.1) is 22.7 Å². The lowest BCUT2D eigenvalue weighted by Crippen LogP contribution is -1.70. The first-order valence-electron chi connectivity index (χ1n) is 4.95. The van der Waals surface area contributed by atoms with E-state index in [4.69, 9.17) is 0 Å². The van der Waals surface area contributed by atoms with E-state index in [2.05, 4.69) is 22.1 Å². The Hall–Kier alpha value is -0.560. The largest absolute Gasteiger partial charge is 0.238 e. The molecule has 0 fully saturated rings. The highest BCUT2D eigenvalue weighted by Crippen LogP contribution is 2.40. The Bertz CT molecular complexity index is 540. The molecule has 0 aliphatic heterocycles. The molecule has 2 aromatic heterocycles. The molecule has 0 atom stereocenters. The van der Waals surface area contributed by atoms with E-state index >= 15 is 0 Å². The molecular formula is C11H8N2S4. The molecule has 0 bridgehead atoms. The molecule has 0 saturated carbocycles. The molecule has 0 amide bonds. The van der Waals surface area contributed by atoms with Crippen molar-refractivity contribution in [3.05, 3.63) is 45.1 Å². The molecule has 2 aromatic rings. The average molecular weight is 296 g/mol. The third-order valence-electron chi connectivity index (χ3n) is 2.05. The van der Waals surface area contributed by atoms with Gasteiger partial charge in [0, 0.05) is 28.1 Å². The Morgan fingerprint density at radius 3 is 2.35 bits per heavy atom. The van der Waals surface area contributed by atoms with Gasteiger partial charge in [-0.05, 0) is 17.4 Å². The fourth-order valence-corrected chi connectivity index (χ4v) is 4.85. The number of thioether (sulfide) groups is 2. The smallest absolute Gasteiger partial charge is 0.154 e. The lowest BCUT2D eigenvalue weighted by atomic mass is 10.5. The van der Waals surface area contributed by atoms with Gasteiger partial charge in [-0.3, -0.25) is 0 Å². The van der Waals surface area contributed by atoms with E-state index in [1.54, 1.807) is 46.2 Å². The lowest BCUT2D eigenvalue weighted by molar-refractivity contribution is 1.25. The van der Waals surface area contributed by atoms with E-state index in [0.717, 1.165) is 15.1 Å². The highest BCUT2D eigenvalue weighted by Gasteiger charge is 2.11. The molecular weight excluding hydrogens is 288 g/mol. The zero-order valence-corrected chi connectivity index (χ0v) is 12.0. The van der Waals surface area contributed by atoms with Crippen LogP contribution in [0.1, 0.15) is 6.42 Å². The van der Waals surface area contributed by atoms with Crippen LogP contribution in [0.3, 0.4) is 0 Å². The summed E-state index contributed by atoms with van der Waals surface area (Å²) in [4.78, 5) is 11.2. The number of thiazole rings is 2. The summed E-state index contributed by atoms with van der Waals surface area (Å²) in [6.45, 7) is 0. The fourth-order valence-electron chi connectivity index (χ4n) is 1.35. The predicted molar refractivity (Wildman–Crippen MR) is 76.7 cm³/mol. The summed E-state index contributed by atoms with van der Waals surface area (Å²) >= 11 is 6.86. The zero-order valence-electron chi connectivity index (χ0n) is 8.70. The van der Waals surface area contributed by atoms with Gasteiger partial charge >= 0.3 is 0 Å². The Labute approximate surface area is 116 Å². The van der Waals surface area contributed by atoms with E-state index in [0.29, 0.717) is 0 Å². The minimum atomic E-state index is 1.01. The summed E-state index contributed by atoms with van der Waals surface area (Å²) in [5.41, 5.74) is 0. The van der Waals surface area contributed by atoms with Crippen LogP contribution in [0.2, 0.25) is 0 Å². The minimum Gasteiger partial charge on any atom is -0.238 e. The van der Waals surface area contributed by atoms with Crippen molar-refractivity contribution in [2.45, 2.75) is 15.1 Å². The second-order valence-electron chi connectivity index (χ2n) is 3.22. The number of aromatic nitrogens is 2. The Morgan fingerprint density at radius 2 is 1.71 bits per heavy atom. The molecule has 1 aliphatic carbocycles. The van der Waals surface area contributed by atoms with Crippen LogP contribution >= 0.6 is 46.2 Å². The van der Waals surface area contributed by atoms with Crippen LogP contribution in [0.5, 0.6) is 0 Å². The molecule has 6 heteroatoms.